The van der Waals surface area contributed by atoms with Gasteiger partial charge in [-0.3, -0.25) is 0 Å². The maximum atomic E-state index is 5.08. The second-order valence-electron chi connectivity index (χ2n) is 3.43. The van der Waals surface area contributed by atoms with Gasteiger partial charge in [-0.2, -0.15) is 9.97 Å². The summed E-state index contributed by atoms with van der Waals surface area (Å²) in [6.45, 7) is 1.73. The van der Waals surface area contributed by atoms with Crippen LogP contribution >= 0.6 is 0 Å². The molecule has 0 aliphatic rings. The lowest BCUT2D eigenvalue weighted by atomic mass is 10.3. The average Bonchev–Trinajstić information content (AvgIpc) is 3.00. The lowest BCUT2D eigenvalue weighted by Crippen LogP contribution is -1.93. The Morgan fingerprint density at radius 3 is 2.65 bits per heavy atom. The molecule has 0 fully saturated rings. The normalized spacial score (nSPS) is 10.9. The van der Waals surface area contributed by atoms with Crippen LogP contribution in [-0.2, 0) is 6.42 Å². The van der Waals surface area contributed by atoms with Gasteiger partial charge in [0.25, 0.3) is 5.89 Å². The molecule has 7 nitrogen and oxygen atoms in total. The Morgan fingerprint density at radius 1 is 1.12 bits per heavy atom. The highest BCUT2D eigenvalue weighted by Gasteiger charge is 2.12. The molecule has 3 heterocycles. The number of hydrogen-bond donors (Lipinski definition) is 0. The van der Waals surface area contributed by atoms with Gasteiger partial charge in [-0.1, -0.05) is 10.3 Å². The van der Waals surface area contributed by atoms with Crippen LogP contribution in [0.1, 0.15) is 17.5 Å². The van der Waals surface area contributed by atoms with E-state index in [1.165, 1.54) is 6.26 Å². The zero-order valence-corrected chi connectivity index (χ0v) is 8.95. The van der Waals surface area contributed by atoms with Gasteiger partial charge in [0.1, 0.15) is 6.26 Å². The van der Waals surface area contributed by atoms with Gasteiger partial charge in [0.05, 0.1) is 18.2 Å². The second-order valence-corrected chi connectivity index (χ2v) is 3.43. The van der Waals surface area contributed by atoms with Gasteiger partial charge in [0.15, 0.2) is 11.6 Å². The quantitative estimate of drug-likeness (QED) is 0.677. The van der Waals surface area contributed by atoms with Crippen molar-refractivity contribution in [2.45, 2.75) is 13.3 Å². The zero-order chi connectivity index (χ0) is 11.7. The summed E-state index contributed by atoms with van der Waals surface area (Å²) >= 11 is 0. The lowest BCUT2D eigenvalue weighted by Gasteiger charge is -1.84. The highest BCUT2D eigenvalue weighted by atomic mass is 16.5. The number of hydrogen-bond acceptors (Lipinski definition) is 7. The zero-order valence-electron chi connectivity index (χ0n) is 8.95. The summed E-state index contributed by atoms with van der Waals surface area (Å²) in [5.41, 5.74) is 0.744. The summed E-state index contributed by atoms with van der Waals surface area (Å²) in [7, 11) is 0. The third-order valence-electron chi connectivity index (χ3n) is 2.12. The van der Waals surface area contributed by atoms with Crippen molar-refractivity contribution < 1.29 is 13.5 Å². The van der Waals surface area contributed by atoms with Crippen molar-refractivity contribution in [1.82, 2.24) is 20.3 Å². The fourth-order valence-electron chi connectivity index (χ4n) is 1.38. The third kappa shape index (κ3) is 1.94. The number of aromatic nitrogens is 4. The van der Waals surface area contributed by atoms with Crippen molar-refractivity contribution >= 4 is 0 Å². The molecule has 0 saturated carbocycles. The van der Waals surface area contributed by atoms with Crippen LogP contribution in [0.2, 0.25) is 0 Å². The van der Waals surface area contributed by atoms with Gasteiger partial charge in [0.2, 0.25) is 5.89 Å². The van der Waals surface area contributed by atoms with E-state index in [0.29, 0.717) is 29.9 Å². The molecular weight excluding hydrogens is 224 g/mol. The van der Waals surface area contributed by atoms with Crippen molar-refractivity contribution in [3.05, 3.63) is 36.1 Å². The molecule has 0 unspecified atom stereocenters. The van der Waals surface area contributed by atoms with E-state index >= 15 is 0 Å². The van der Waals surface area contributed by atoms with Crippen molar-refractivity contribution in [3.8, 4) is 11.5 Å². The minimum atomic E-state index is 0.374. The van der Waals surface area contributed by atoms with E-state index in [9.17, 15) is 0 Å². The van der Waals surface area contributed by atoms with E-state index in [0.717, 1.165) is 5.56 Å². The molecule has 0 bridgehead atoms. The summed E-state index contributed by atoms with van der Waals surface area (Å²) in [5, 5.41) is 7.58. The minimum absolute atomic E-state index is 0.374. The van der Waals surface area contributed by atoms with Gasteiger partial charge in [-0.15, -0.1) is 0 Å². The van der Waals surface area contributed by atoms with E-state index < -0.39 is 0 Å². The van der Waals surface area contributed by atoms with Crippen LogP contribution in [-0.4, -0.2) is 20.3 Å². The summed E-state index contributed by atoms with van der Waals surface area (Å²) in [4.78, 5) is 8.26. The third-order valence-corrected chi connectivity index (χ3v) is 2.12. The Labute approximate surface area is 95.4 Å². The Hall–Kier alpha value is -2.44. The number of furan rings is 1. The molecule has 3 rings (SSSR count). The molecule has 0 aliphatic carbocycles. The molecular formula is C10H8N4O3. The predicted molar refractivity (Wildman–Crippen MR) is 53.8 cm³/mol. The van der Waals surface area contributed by atoms with Gasteiger partial charge < -0.3 is 13.5 Å². The fourth-order valence-corrected chi connectivity index (χ4v) is 1.38. The average molecular weight is 232 g/mol. The highest BCUT2D eigenvalue weighted by Crippen LogP contribution is 2.17. The number of aryl methyl sites for hydroxylation is 1. The van der Waals surface area contributed by atoms with Gasteiger partial charge in [0, 0.05) is 6.92 Å². The first-order chi connectivity index (χ1) is 8.31. The molecule has 3 aromatic rings. The highest BCUT2D eigenvalue weighted by molar-refractivity contribution is 5.49. The topological polar surface area (TPSA) is 91.0 Å². The second kappa shape index (κ2) is 3.85. The fraction of sp³-hybridized carbons (Fsp3) is 0.200. The minimum Gasteiger partial charge on any atom is -0.472 e. The Kier molecular flexibility index (Phi) is 2.21. The lowest BCUT2D eigenvalue weighted by molar-refractivity contribution is 0.387. The van der Waals surface area contributed by atoms with Crippen molar-refractivity contribution in [2.24, 2.45) is 0 Å². The van der Waals surface area contributed by atoms with E-state index in [1.807, 2.05) is 0 Å². The molecule has 0 saturated heterocycles. The molecule has 0 radical (unpaired) electrons. The summed E-state index contributed by atoms with van der Waals surface area (Å²) in [6.07, 6.45) is 3.45. The molecule has 0 aromatic carbocycles. The maximum Gasteiger partial charge on any atom is 0.261 e. The predicted octanol–water partition coefficient (Wildman–Crippen LogP) is 1.61. The number of nitrogens with zero attached hydrogens (tertiary/aromatic N) is 4. The molecule has 0 spiro atoms. The standard InChI is InChI=1S/C10H8N4O3/c1-6-11-8(13-16-6)4-9-12-10(17-14-9)7-2-3-15-5-7/h2-3,5H,4H2,1H3. The van der Waals surface area contributed by atoms with Crippen LogP contribution in [0.3, 0.4) is 0 Å². The Bertz CT molecular complexity index is 611. The first-order valence-corrected chi connectivity index (χ1v) is 4.95. The van der Waals surface area contributed by atoms with Crippen LogP contribution in [0.25, 0.3) is 11.5 Å². The molecule has 0 amide bonds. The Morgan fingerprint density at radius 2 is 1.94 bits per heavy atom. The molecule has 0 N–H and O–H groups in total. The van der Waals surface area contributed by atoms with Gasteiger partial charge in [-0.05, 0) is 6.07 Å². The van der Waals surface area contributed by atoms with Crippen LogP contribution in [0.4, 0.5) is 0 Å². The largest absolute Gasteiger partial charge is 0.472 e. The summed E-state index contributed by atoms with van der Waals surface area (Å²) in [5.74, 6) is 1.96. The van der Waals surface area contributed by atoms with Crippen LogP contribution in [0.5, 0.6) is 0 Å². The van der Waals surface area contributed by atoms with Crippen LogP contribution in [0, 0.1) is 6.92 Å². The van der Waals surface area contributed by atoms with E-state index in [4.69, 9.17) is 13.5 Å². The van der Waals surface area contributed by atoms with E-state index in [2.05, 4.69) is 20.3 Å². The van der Waals surface area contributed by atoms with Crippen LogP contribution in [0.15, 0.2) is 32.1 Å². The van der Waals surface area contributed by atoms with Gasteiger partial charge >= 0.3 is 0 Å². The Balaban J connectivity index is 1.81. The smallest absolute Gasteiger partial charge is 0.261 e. The van der Waals surface area contributed by atoms with Crippen molar-refractivity contribution in [1.29, 1.82) is 0 Å². The molecule has 3 aromatic heterocycles. The monoisotopic (exact) mass is 232 g/mol. The number of rotatable bonds is 3. The van der Waals surface area contributed by atoms with E-state index in [1.54, 1.807) is 19.3 Å². The SMILES string of the molecule is Cc1nc(Cc2noc(-c3ccoc3)n2)no1. The summed E-state index contributed by atoms with van der Waals surface area (Å²) < 4.78 is 14.9. The molecule has 7 heteroatoms. The molecule has 0 atom stereocenters. The first kappa shape index (κ1) is 9.76. The molecule has 17 heavy (non-hydrogen) atoms. The van der Waals surface area contributed by atoms with Gasteiger partial charge in [-0.25, -0.2) is 0 Å². The van der Waals surface area contributed by atoms with Crippen molar-refractivity contribution in [3.63, 3.8) is 0 Å². The van der Waals surface area contributed by atoms with E-state index in [-0.39, 0.29) is 0 Å². The molecule has 0 aliphatic heterocycles. The van der Waals surface area contributed by atoms with Crippen LogP contribution < -0.4 is 0 Å². The molecule has 86 valence electrons. The maximum absolute atomic E-state index is 5.08. The summed E-state index contributed by atoms with van der Waals surface area (Å²) in [6, 6.07) is 1.75. The first-order valence-electron chi connectivity index (χ1n) is 4.95. The van der Waals surface area contributed by atoms with Crippen molar-refractivity contribution in [2.75, 3.05) is 0 Å².